The first-order chi connectivity index (χ1) is 15.0. The number of phenolic OH excluding ortho intramolecular Hbond substituents is 2. The molecule has 3 aromatic rings. The summed E-state index contributed by atoms with van der Waals surface area (Å²) in [7, 11) is 0. The number of halogens is 1. The van der Waals surface area contributed by atoms with E-state index in [2.05, 4.69) is 25.9 Å². The lowest BCUT2D eigenvalue weighted by molar-refractivity contribution is 0.0732. The number of hydrogen-bond acceptors (Lipinski definition) is 7. The van der Waals surface area contributed by atoms with Gasteiger partial charge in [0, 0.05) is 32.1 Å². The van der Waals surface area contributed by atoms with Gasteiger partial charge in [0.1, 0.15) is 17.3 Å². The van der Waals surface area contributed by atoms with E-state index in [-0.39, 0.29) is 34.0 Å². The van der Waals surface area contributed by atoms with E-state index in [0.29, 0.717) is 6.54 Å². The predicted octanol–water partition coefficient (Wildman–Crippen LogP) is 2.57. The molecule has 0 aliphatic carbocycles. The molecule has 9 nitrogen and oxygen atoms in total. The molecule has 2 aromatic carbocycles. The predicted molar refractivity (Wildman–Crippen MR) is 114 cm³/mol. The maximum absolute atomic E-state index is 13.1. The van der Waals surface area contributed by atoms with Gasteiger partial charge in [0.15, 0.2) is 0 Å². The third-order valence-corrected chi connectivity index (χ3v) is 5.73. The van der Waals surface area contributed by atoms with Gasteiger partial charge >= 0.3 is 0 Å². The number of tetrazole rings is 1. The summed E-state index contributed by atoms with van der Waals surface area (Å²) in [5.74, 6) is -0.0835. The lowest BCUT2D eigenvalue weighted by Crippen LogP contribution is -2.30. The molecule has 0 radical (unpaired) electrons. The minimum atomic E-state index is -0.297. The summed E-state index contributed by atoms with van der Waals surface area (Å²) in [6.07, 6.45) is 2.45. The number of carbonyl (C=O) groups is 1. The molecule has 4 N–H and O–H groups in total. The second kappa shape index (κ2) is 9.32. The highest BCUT2D eigenvalue weighted by atomic mass is 35.5. The van der Waals surface area contributed by atoms with Crippen LogP contribution in [0.25, 0.3) is 0 Å². The van der Waals surface area contributed by atoms with Crippen molar-refractivity contribution in [1.82, 2.24) is 30.8 Å². The molecule has 0 bridgehead atoms. The average Bonchev–Trinajstić information content (AvgIpc) is 3.46. The number of nitrogens with one attached hydrogen (secondary N) is 2. The molecule has 1 aliphatic rings. The zero-order chi connectivity index (χ0) is 21.8. The highest BCUT2D eigenvalue weighted by molar-refractivity contribution is 6.32. The van der Waals surface area contributed by atoms with Crippen molar-refractivity contribution in [2.24, 2.45) is 0 Å². The average molecular weight is 443 g/mol. The molecule has 1 fully saturated rings. The van der Waals surface area contributed by atoms with Gasteiger partial charge in [0.2, 0.25) is 0 Å². The molecule has 1 atom stereocenters. The van der Waals surface area contributed by atoms with Crippen molar-refractivity contribution in [3.63, 3.8) is 0 Å². The number of aromatic hydroxyl groups is 2. The minimum Gasteiger partial charge on any atom is -0.507 e. The summed E-state index contributed by atoms with van der Waals surface area (Å²) in [5, 5.41) is 36.8. The third kappa shape index (κ3) is 4.78. The Labute approximate surface area is 184 Å². The quantitative estimate of drug-likeness (QED) is 0.414. The van der Waals surface area contributed by atoms with E-state index in [4.69, 9.17) is 11.6 Å². The normalized spacial score (nSPS) is 16.0. The summed E-state index contributed by atoms with van der Waals surface area (Å²) >= 11 is 5.94. The zero-order valence-corrected chi connectivity index (χ0v) is 17.5. The second-order valence-electron chi connectivity index (χ2n) is 7.49. The summed E-state index contributed by atoms with van der Waals surface area (Å²) in [4.78, 5) is 14.8. The maximum Gasteiger partial charge on any atom is 0.258 e. The number of rotatable bonds is 7. The van der Waals surface area contributed by atoms with Crippen molar-refractivity contribution in [3.8, 4) is 11.5 Å². The van der Waals surface area contributed by atoms with Crippen LogP contribution < -0.4 is 5.32 Å². The number of nitrogens with zero attached hydrogens (tertiary/aromatic N) is 4. The molecule has 31 heavy (non-hydrogen) atoms. The first-order valence-corrected chi connectivity index (χ1v) is 10.5. The van der Waals surface area contributed by atoms with E-state index < -0.39 is 0 Å². The molecule has 10 heteroatoms. The van der Waals surface area contributed by atoms with Crippen LogP contribution in [-0.4, -0.2) is 54.7 Å². The van der Waals surface area contributed by atoms with Crippen molar-refractivity contribution in [2.45, 2.75) is 31.8 Å². The fourth-order valence-electron chi connectivity index (χ4n) is 3.82. The van der Waals surface area contributed by atoms with Gasteiger partial charge in [0.05, 0.1) is 16.6 Å². The molecule has 0 saturated carbocycles. The number of benzene rings is 2. The Kier molecular flexibility index (Phi) is 6.34. The molecule has 2 heterocycles. The van der Waals surface area contributed by atoms with E-state index in [0.717, 1.165) is 55.4 Å². The van der Waals surface area contributed by atoms with Crippen LogP contribution in [0.15, 0.2) is 36.4 Å². The van der Waals surface area contributed by atoms with Gasteiger partial charge < -0.3 is 20.4 Å². The summed E-state index contributed by atoms with van der Waals surface area (Å²) in [5.41, 5.74) is 2.28. The number of H-pyrrole nitrogens is 1. The second-order valence-corrected chi connectivity index (χ2v) is 7.90. The van der Waals surface area contributed by atoms with Crippen molar-refractivity contribution in [2.75, 3.05) is 13.1 Å². The molecule has 1 unspecified atom stereocenters. The Morgan fingerprint density at radius 2 is 2.03 bits per heavy atom. The number of carbonyl (C=O) groups excluding carboxylic acids is 1. The van der Waals surface area contributed by atoms with Gasteiger partial charge in [-0.2, -0.15) is 0 Å². The lowest BCUT2D eigenvalue weighted by atomic mass is 10.0. The number of amides is 1. The Bertz CT molecular complexity index is 1040. The van der Waals surface area contributed by atoms with E-state index in [9.17, 15) is 15.0 Å². The van der Waals surface area contributed by atoms with Crippen LogP contribution >= 0.6 is 11.6 Å². The molecule has 162 valence electrons. The van der Waals surface area contributed by atoms with Crippen LogP contribution in [0.5, 0.6) is 11.5 Å². The van der Waals surface area contributed by atoms with Gasteiger partial charge in [0.25, 0.3) is 5.91 Å². The maximum atomic E-state index is 13.1. The van der Waals surface area contributed by atoms with E-state index >= 15 is 0 Å². The first-order valence-electron chi connectivity index (χ1n) is 10.1. The largest absolute Gasteiger partial charge is 0.507 e. The number of likely N-dealkylation sites (tertiary alicyclic amines) is 1. The topological polar surface area (TPSA) is 127 Å². The fraction of sp³-hybridized carbons (Fsp3) is 0.333. The number of phenols is 2. The van der Waals surface area contributed by atoms with E-state index in [1.807, 2.05) is 24.3 Å². The van der Waals surface area contributed by atoms with Crippen molar-refractivity contribution in [1.29, 1.82) is 0 Å². The number of aromatic amines is 1. The Hall–Kier alpha value is -3.17. The van der Waals surface area contributed by atoms with Crippen molar-refractivity contribution >= 4 is 17.5 Å². The number of hydrogen-bond donors (Lipinski definition) is 4. The Balaban J connectivity index is 1.39. The van der Waals surface area contributed by atoms with Crippen LogP contribution in [0.2, 0.25) is 5.02 Å². The molecule has 1 saturated heterocycles. The van der Waals surface area contributed by atoms with Gasteiger partial charge in [-0.3, -0.25) is 4.79 Å². The highest BCUT2D eigenvalue weighted by Crippen LogP contribution is 2.37. The van der Waals surface area contributed by atoms with Gasteiger partial charge in [-0.15, -0.1) is 5.10 Å². The van der Waals surface area contributed by atoms with Gasteiger partial charge in [-0.25, -0.2) is 5.10 Å². The summed E-state index contributed by atoms with van der Waals surface area (Å²) < 4.78 is 0. The molecule has 4 rings (SSSR count). The smallest absolute Gasteiger partial charge is 0.258 e. The molecular weight excluding hydrogens is 420 g/mol. The first kappa shape index (κ1) is 21.1. The minimum absolute atomic E-state index is 0.0355. The third-order valence-electron chi connectivity index (χ3n) is 5.43. The van der Waals surface area contributed by atoms with Crippen LogP contribution in [0.3, 0.4) is 0 Å². The van der Waals surface area contributed by atoms with E-state index in [1.165, 1.54) is 6.07 Å². The number of aromatic nitrogens is 4. The van der Waals surface area contributed by atoms with Gasteiger partial charge in [-0.05, 0) is 40.5 Å². The molecular formula is C21H23ClN6O3. The monoisotopic (exact) mass is 442 g/mol. The van der Waals surface area contributed by atoms with Crippen LogP contribution in [0.1, 0.15) is 46.2 Å². The van der Waals surface area contributed by atoms with Crippen molar-refractivity contribution < 1.29 is 15.0 Å². The lowest BCUT2D eigenvalue weighted by Gasteiger charge is -2.26. The Morgan fingerprint density at radius 1 is 1.23 bits per heavy atom. The summed E-state index contributed by atoms with van der Waals surface area (Å²) in [6, 6.07) is 10.5. The molecule has 1 aromatic heterocycles. The highest BCUT2D eigenvalue weighted by Gasteiger charge is 2.32. The van der Waals surface area contributed by atoms with Crippen LogP contribution in [-0.2, 0) is 13.0 Å². The standard InChI is InChI=1S/C21H23ClN6O3/c22-16-10-15(18(29)11-19(16)30)21(31)28-9-1-2-17(28)14-5-3-13(4-6-14)12-23-8-7-20-24-26-27-25-20/h3-6,10-11,17,23,29-30H,1-2,7-9,12H2,(H,24,25,26,27). The zero-order valence-electron chi connectivity index (χ0n) is 16.8. The van der Waals surface area contributed by atoms with Crippen molar-refractivity contribution in [3.05, 3.63) is 63.9 Å². The van der Waals surface area contributed by atoms with Gasteiger partial charge in [-0.1, -0.05) is 35.9 Å². The SMILES string of the molecule is O=C(c1cc(Cl)c(O)cc1O)N1CCCC1c1ccc(CNCCc2nnn[nH]2)cc1. The van der Waals surface area contributed by atoms with Crippen LogP contribution in [0, 0.1) is 0 Å². The summed E-state index contributed by atoms with van der Waals surface area (Å²) in [6.45, 7) is 2.07. The van der Waals surface area contributed by atoms with E-state index in [1.54, 1.807) is 4.90 Å². The molecule has 0 spiro atoms. The Morgan fingerprint density at radius 3 is 2.77 bits per heavy atom. The van der Waals surface area contributed by atoms with Crippen LogP contribution in [0.4, 0.5) is 0 Å². The molecule has 1 amide bonds. The fourth-order valence-corrected chi connectivity index (χ4v) is 3.98. The molecule has 1 aliphatic heterocycles.